The summed E-state index contributed by atoms with van der Waals surface area (Å²) in [6.07, 6.45) is 1.69. The van der Waals surface area contributed by atoms with Crippen molar-refractivity contribution in [3.8, 4) is 0 Å². The van der Waals surface area contributed by atoms with E-state index in [1.54, 1.807) is 24.3 Å². The number of rotatable bonds is 4. The van der Waals surface area contributed by atoms with E-state index in [1.807, 2.05) is 4.90 Å². The summed E-state index contributed by atoms with van der Waals surface area (Å²) >= 11 is 6.65. The van der Waals surface area contributed by atoms with Crippen LogP contribution in [0.15, 0.2) is 41.9 Å². The average molecular weight is 322 g/mol. The van der Waals surface area contributed by atoms with Crippen molar-refractivity contribution in [2.24, 2.45) is 4.99 Å². The molecule has 0 saturated carbocycles. The maximum atomic E-state index is 11.1. The lowest BCUT2D eigenvalue weighted by Gasteiger charge is -2.17. The number of thiocarbonyl (C=S) groups is 1. The van der Waals surface area contributed by atoms with Gasteiger partial charge in [-0.3, -0.25) is 10.1 Å². The molecule has 0 spiro atoms. The standard InChI is InChI=1S/C13H14N4O2S2/c1-2-7-14-12(20)15-13-16(8-9-21-13)10-5-3-4-6-11(10)17(18)19/h2-6H,1,7-9H2,(H,14,20). The third-order valence-corrected chi connectivity index (χ3v) is 3.93. The molecule has 8 heteroatoms. The lowest BCUT2D eigenvalue weighted by Crippen LogP contribution is -2.28. The highest BCUT2D eigenvalue weighted by atomic mass is 32.2. The SMILES string of the molecule is C=CCNC(=S)N=C1SCCN1c1ccccc1[N+](=O)[O-]. The molecule has 6 nitrogen and oxygen atoms in total. The first-order chi connectivity index (χ1) is 10.1. The van der Waals surface area contributed by atoms with Crippen LogP contribution in [0.4, 0.5) is 11.4 Å². The molecule has 2 rings (SSSR count). The number of amidine groups is 1. The summed E-state index contributed by atoms with van der Waals surface area (Å²) in [7, 11) is 0. The first kappa shape index (κ1) is 15.5. The van der Waals surface area contributed by atoms with Crippen LogP contribution in [0.25, 0.3) is 0 Å². The van der Waals surface area contributed by atoms with Gasteiger partial charge in [0.15, 0.2) is 10.3 Å². The maximum Gasteiger partial charge on any atom is 0.292 e. The summed E-state index contributed by atoms with van der Waals surface area (Å²) < 4.78 is 0. The number of aliphatic imine (C=N–C) groups is 1. The molecule has 1 fully saturated rings. The number of benzene rings is 1. The van der Waals surface area contributed by atoms with Crippen LogP contribution in [-0.2, 0) is 0 Å². The first-order valence-corrected chi connectivity index (χ1v) is 7.64. The van der Waals surface area contributed by atoms with Crippen LogP contribution in [0, 0.1) is 10.1 Å². The number of para-hydroxylation sites is 2. The second kappa shape index (κ2) is 7.19. The van der Waals surface area contributed by atoms with Gasteiger partial charge in [0.2, 0.25) is 0 Å². The van der Waals surface area contributed by atoms with Gasteiger partial charge in [-0.15, -0.1) is 6.58 Å². The zero-order valence-electron chi connectivity index (χ0n) is 11.2. The van der Waals surface area contributed by atoms with Crippen molar-refractivity contribution >= 4 is 45.6 Å². The topological polar surface area (TPSA) is 70.8 Å². The van der Waals surface area contributed by atoms with Crippen LogP contribution >= 0.6 is 24.0 Å². The van der Waals surface area contributed by atoms with Crippen molar-refractivity contribution in [1.82, 2.24) is 5.32 Å². The minimum Gasteiger partial charge on any atom is -0.357 e. The zero-order valence-corrected chi connectivity index (χ0v) is 12.8. The fourth-order valence-corrected chi connectivity index (χ4v) is 3.04. The molecule has 0 amide bonds. The Labute approximate surface area is 132 Å². The predicted octanol–water partition coefficient (Wildman–Crippen LogP) is 2.56. The van der Waals surface area contributed by atoms with Gasteiger partial charge in [-0.2, -0.15) is 4.99 Å². The van der Waals surface area contributed by atoms with E-state index in [9.17, 15) is 10.1 Å². The van der Waals surface area contributed by atoms with Crippen LogP contribution in [0.3, 0.4) is 0 Å². The van der Waals surface area contributed by atoms with Gasteiger partial charge >= 0.3 is 0 Å². The van der Waals surface area contributed by atoms with Crippen LogP contribution in [-0.4, -0.2) is 34.0 Å². The Kier molecular flexibility index (Phi) is 5.29. The largest absolute Gasteiger partial charge is 0.357 e. The van der Waals surface area contributed by atoms with Crippen LogP contribution in [0.5, 0.6) is 0 Å². The van der Waals surface area contributed by atoms with Crippen LogP contribution < -0.4 is 10.2 Å². The van der Waals surface area contributed by atoms with Gasteiger partial charge in [0.1, 0.15) is 5.69 Å². The Balaban J connectivity index is 2.27. The monoisotopic (exact) mass is 322 g/mol. The fourth-order valence-electron chi connectivity index (χ4n) is 1.85. The highest BCUT2D eigenvalue weighted by Crippen LogP contribution is 2.32. The Hall–Kier alpha value is -1.93. The molecule has 1 aliphatic rings. The smallest absolute Gasteiger partial charge is 0.292 e. The number of anilines is 1. The fraction of sp³-hybridized carbons (Fsp3) is 0.231. The molecule has 110 valence electrons. The van der Waals surface area contributed by atoms with E-state index in [-0.39, 0.29) is 10.6 Å². The van der Waals surface area contributed by atoms with E-state index >= 15 is 0 Å². The molecular weight excluding hydrogens is 308 g/mol. The van der Waals surface area contributed by atoms with E-state index in [0.717, 1.165) is 5.75 Å². The lowest BCUT2D eigenvalue weighted by atomic mass is 10.2. The summed E-state index contributed by atoms with van der Waals surface area (Å²) in [6, 6.07) is 6.64. The molecule has 1 aromatic rings. The molecule has 0 aromatic heterocycles. The summed E-state index contributed by atoms with van der Waals surface area (Å²) in [5.74, 6) is 0.814. The van der Waals surface area contributed by atoms with E-state index in [4.69, 9.17) is 12.2 Å². The number of nitro benzene ring substituents is 1. The van der Waals surface area contributed by atoms with Crippen molar-refractivity contribution in [3.05, 3.63) is 47.0 Å². The first-order valence-electron chi connectivity index (χ1n) is 6.24. The molecule has 1 heterocycles. The van der Waals surface area contributed by atoms with Crippen molar-refractivity contribution in [2.45, 2.75) is 0 Å². The van der Waals surface area contributed by atoms with E-state index < -0.39 is 0 Å². The summed E-state index contributed by atoms with van der Waals surface area (Å²) in [5.41, 5.74) is 0.607. The van der Waals surface area contributed by atoms with Gasteiger partial charge in [0.25, 0.3) is 5.69 Å². The number of nitrogens with zero attached hydrogens (tertiary/aromatic N) is 3. The Morgan fingerprint density at radius 1 is 1.62 bits per heavy atom. The highest BCUT2D eigenvalue weighted by Gasteiger charge is 2.27. The number of hydrogen-bond acceptors (Lipinski definition) is 4. The van der Waals surface area contributed by atoms with Gasteiger partial charge in [-0.05, 0) is 18.3 Å². The Bertz CT molecular complexity index is 604. The second-order valence-electron chi connectivity index (χ2n) is 4.12. The molecule has 0 bridgehead atoms. The number of nitro groups is 1. The quantitative estimate of drug-likeness (QED) is 0.398. The molecule has 1 N–H and O–H groups in total. The van der Waals surface area contributed by atoms with E-state index in [2.05, 4.69) is 16.9 Å². The van der Waals surface area contributed by atoms with Crippen molar-refractivity contribution in [3.63, 3.8) is 0 Å². The minimum absolute atomic E-state index is 0.0673. The number of nitrogens with one attached hydrogen (secondary N) is 1. The highest BCUT2D eigenvalue weighted by molar-refractivity contribution is 8.14. The molecule has 1 aromatic carbocycles. The minimum atomic E-state index is -0.385. The lowest BCUT2D eigenvalue weighted by molar-refractivity contribution is -0.384. The van der Waals surface area contributed by atoms with Crippen LogP contribution in [0.1, 0.15) is 0 Å². The Morgan fingerprint density at radius 3 is 3.10 bits per heavy atom. The Morgan fingerprint density at radius 2 is 2.38 bits per heavy atom. The predicted molar refractivity (Wildman–Crippen MR) is 91.1 cm³/mol. The van der Waals surface area contributed by atoms with Gasteiger partial charge in [0, 0.05) is 24.9 Å². The van der Waals surface area contributed by atoms with Crippen molar-refractivity contribution < 1.29 is 4.92 Å². The van der Waals surface area contributed by atoms with Crippen molar-refractivity contribution in [2.75, 3.05) is 23.7 Å². The summed E-state index contributed by atoms with van der Waals surface area (Å²) in [4.78, 5) is 16.9. The van der Waals surface area contributed by atoms with Crippen molar-refractivity contribution in [1.29, 1.82) is 0 Å². The van der Waals surface area contributed by atoms with Gasteiger partial charge < -0.3 is 10.2 Å². The summed E-state index contributed by atoms with van der Waals surface area (Å²) in [5, 5.41) is 15.1. The maximum absolute atomic E-state index is 11.1. The van der Waals surface area contributed by atoms with Gasteiger partial charge in [-0.1, -0.05) is 30.0 Å². The molecule has 0 unspecified atom stereocenters. The molecule has 0 atom stereocenters. The molecule has 21 heavy (non-hydrogen) atoms. The number of thioether (sulfide) groups is 1. The molecule has 0 radical (unpaired) electrons. The molecular formula is C13H14N4O2S2. The van der Waals surface area contributed by atoms with Gasteiger partial charge in [-0.25, -0.2) is 0 Å². The zero-order chi connectivity index (χ0) is 15.2. The normalized spacial score (nSPS) is 16.0. The third kappa shape index (κ3) is 3.79. The van der Waals surface area contributed by atoms with Crippen LogP contribution in [0.2, 0.25) is 0 Å². The second-order valence-corrected chi connectivity index (χ2v) is 5.56. The molecule has 0 aliphatic carbocycles. The third-order valence-electron chi connectivity index (χ3n) is 2.74. The molecule has 1 saturated heterocycles. The van der Waals surface area contributed by atoms with Gasteiger partial charge in [0.05, 0.1) is 4.92 Å². The van der Waals surface area contributed by atoms with E-state index in [0.29, 0.717) is 29.1 Å². The summed E-state index contributed by atoms with van der Waals surface area (Å²) in [6.45, 7) is 4.80. The number of hydrogen-bond donors (Lipinski definition) is 1. The van der Waals surface area contributed by atoms with E-state index in [1.165, 1.54) is 17.8 Å². The molecule has 1 aliphatic heterocycles. The average Bonchev–Trinajstić information content (AvgIpc) is 2.93.